The largest absolute Gasteiger partial charge is 0.307 e. The first-order valence-electron chi connectivity index (χ1n) is 4.69. The molecule has 2 heteroatoms. The highest BCUT2D eigenvalue weighted by atomic mass is 16.1. The topological polar surface area (TPSA) is 29.1 Å². The van der Waals surface area contributed by atoms with Gasteiger partial charge in [0.05, 0.1) is 6.04 Å². The molecule has 0 aliphatic carbocycles. The monoisotopic (exact) mass is 171 g/mol. The van der Waals surface area contributed by atoms with E-state index < -0.39 is 0 Å². The molecule has 1 aliphatic rings. The maximum absolute atomic E-state index is 11.6. The van der Waals surface area contributed by atoms with Crippen LogP contribution >= 0.6 is 0 Å². The molecular weight excluding hydrogens is 150 g/mol. The SMILES string of the molecule is CC(C)C(=O)[C@@H]1CC(C)(C)CN1.[HH]. The quantitative estimate of drug-likeness (QED) is 0.687. The summed E-state index contributed by atoms with van der Waals surface area (Å²) in [6.45, 7) is 9.31. The first-order valence-corrected chi connectivity index (χ1v) is 4.69. The molecule has 0 amide bonds. The van der Waals surface area contributed by atoms with E-state index in [0.717, 1.165) is 13.0 Å². The molecule has 0 radical (unpaired) electrons. The molecule has 0 spiro atoms. The van der Waals surface area contributed by atoms with Gasteiger partial charge in [-0.1, -0.05) is 27.7 Å². The van der Waals surface area contributed by atoms with Gasteiger partial charge in [-0.15, -0.1) is 0 Å². The molecule has 1 saturated heterocycles. The maximum atomic E-state index is 11.6. The van der Waals surface area contributed by atoms with Crippen molar-refractivity contribution in [2.75, 3.05) is 6.54 Å². The van der Waals surface area contributed by atoms with Crippen LogP contribution in [0.15, 0.2) is 0 Å². The number of nitrogens with one attached hydrogen (secondary N) is 1. The standard InChI is InChI=1S/C10H19NO.H2/c1-7(2)9(12)8-5-10(3,4)6-11-8;/h7-8,11H,5-6H2,1-4H3;1H/t8-;/m0./s1. The molecule has 12 heavy (non-hydrogen) atoms. The number of carbonyl (C=O) groups excluding carboxylic acids is 1. The van der Waals surface area contributed by atoms with E-state index in [1.807, 2.05) is 13.8 Å². The van der Waals surface area contributed by atoms with Crippen molar-refractivity contribution < 1.29 is 6.22 Å². The number of ketones is 1. The summed E-state index contributed by atoms with van der Waals surface area (Å²) in [4.78, 5) is 11.6. The van der Waals surface area contributed by atoms with E-state index in [9.17, 15) is 4.79 Å². The van der Waals surface area contributed by atoms with Gasteiger partial charge in [-0.2, -0.15) is 0 Å². The van der Waals surface area contributed by atoms with Crippen LogP contribution < -0.4 is 5.32 Å². The summed E-state index contributed by atoms with van der Waals surface area (Å²) in [6, 6.07) is 0.111. The van der Waals surface area contributed by atoms with Crippen LogP contribution in [0.4, 0.5) is 0 Å². The van der Waals surface area contributed by atoms with E-state index in [1.54, 1.807) is 0 Å². The summed E-state index contributed by atoms with van der Waals surface area (Å²) in [6.07, 6.45) is 0.990. The lowest BCUT2D eigenvalue weighted by atomic mass is 9.88. The van der Waals surface area contributed by atoms with Gasteiger partial charge in [-0.25, -0.2) is 0 Å². The Bertz CT molecular complexity index is 189. The number of hydrogen-bond acceptors (Lipinski definition) is 2. The zero-order chi connectivity index (χ0) is 9.35. The second-order valence-corrected chi connectivity index (χ2v) is 4.86. The van der Waals surface area contributed by atoms with E-state index in [4.69, 9.17) is 0 Å². The Labute approximate surface area is 76.2 Å². The third-order valence-corrected chi connectivity index (χ3v) is 2.50. The number of hydrogen-bond donors (Lipinski definition) is 1. The number of Topliss-reactive ketones (excluding diaryl/α,β-unsaturated/α-hetero) is 1. The van der Waals surface area contributed by atoms with Gasteiger partial charge in [0.2, 0.25) is 0 Å². The smallest absolute Gasteiger partial charge is 0.152 e. The molecule has 0 unspecified atom stereocenters. The molecule has 0 saturated carbocycles. The van der Waals surface area contributed by atoms with Crippen LogP contribution in [-0.2, 0) is 4.79 Å². The molecule has 1 rings (SSSR count). The van der Waals surface area contributed by atoms with E-state index in [1.165, 1.54) is 0 Å². The Morgan fingerprint density at radius 3 is 2.50 bits per heavy atom. The zero-order valence-corrected chi connectivity index (χ0v) is 8.48. The van der Waals surface area contributed by atoms with E-state index >= 15 is 0 Å². The van der Waals surface area contributed by atoms with Crippen molar-refractivity contribution in [3.05, 3.63) is 0 Å². The van der Waals surface area contributed by atoms with Gasteiger partial charge in [0.25, 0.3) is 0 Å². The molecule has 1 aliphatic heterocycles. The molecule has 1 atom stereocenters. The van der Waals surface area contributed by atoms with Crippen LogP contribution in [0.25, 0.3) is 0 Å². The molecule has 2 nitrogen and oxygen atoms in total. The number of carbonyl (C=O) groups is 1. The van der Waals surface area contributed by atoms with E-state index in [2.05, 4.69) is 19.2 Å². The van der Waals surface area contributed by atoms with Crippen LogP contribution in [0.3, 0.4) is 0 Å². The molecule has 72 valence electrons. The van der Waals surface area contributed by atoms with Crippen molar-refractivity contribution in [1.29, 1.82) is 0 Å². The minimum Gasteiger partial charge on any atom is -0.307 e. The third-order valence-electron chi connectivity index (χ3n) is 2.50. The van der Waals surface area contributed by atoms with Crippen molar-refractivity contribution in [3.8, 4) is 0 Å². The summed E-state index contributed by atoms with van der Waals surface area (Å²) in [5.74, 6) is 0.525. The van der Waals surface area contributed by atoms with Crippen LogP contribution in [0, 0.1) is 11.3 Å². The molecule has 0 aromatic heterocycles. The molecule has 1 heterocycles. The van der Waals surface area contributed by atoms with Gasteiger partial charge in [0.1, 0.15) is 0 Å². The van der Waals surface area contributed by atoms with Crippen LogP contribution in [0.5, 0.6) is 0 Å². The fourth-order valence-electron chi connectivity index (χ4n) is 1.70. The summed E-state index contributed by atoms with van der Waals surface area (Å²) in [7, 11) is 0. The maximum Gasteiger partial charge on any atom is 0.152 e. The fourth-order valence-corrected chi connectivity index (χ4v) is 1.70. The minimum atomic E-state index is 0. The van der Waals surface area contributed by atoms with Crippen LogP contribution in [0.2, 0.25) is 0 Å². The zero-order valence-electron chi connectivity index (χ0n) is 8.48. The second-order valence-electron chi connectivity index (χ2n) is 4.86. The summed E-state index contributed by atoms with van der Waals surface area (Å²) in [5, 5.41) is 3.28. The lowest BCUT2D eigenvalue weighted by molar-refractivity contribution is -0.123. The lowest BCUT2D eigenvalue weighted by Crippen LogP contribution is -2.33. The molecule has 0 aromatic carbocycles. The van der Waals surface area contributed by atoms with Gasteiger partial charge < -0.3 is 5.32 Å². The molecule has 1 N–H and O–H groups in total. The fraction of sp³-hybridized carbons (Fsp3) is 0.900. The summed E-state index contributed by atoms with van der Waals surface area (Å²) in [5.41, 5.74) is 0.301. The molecular formula is C10H21NO. The second kappa shape index (κ2) is 3.17. The Kier molecular flexibility index (Phi) is 2.57. The van der Waals surface area contributed by atoms with Gasteiger partial charge in [-0.3, -0.25) is 4.79 Å². The van der Waals surface area contributed by atoms with Crippen molar-refractivity contribution in [1.82, 2.24) is 5.32 Å². The van der Waals surface area contributed by atoms with Gasteiger partial charge in [-0.05, 0) is 11.8 Å². The predicted molar refractivity (Wildman–Crippen MR) is 52.1 cm³/mol. The Morgan fingerprint density at radius 2 is 2.17 bits per heavy atom. The average Bonchev–Trinajstić information content (AvgIpc) is 2.28. The van der Waals surface area contributed by atoms with Crippen LogP contribution in [0.1, 0.15) is 35.5 Å². The minimum absolute atomic E-state index is 0. The Balaban J connectivity index is 0.00000144. The van der Waals surface area contributed by atoms with Gasteiger partial charge >= 0.3 is 0 Å². The molecule has 0 bridgehead atoms. The average molecular weight is 171 g/mol. The predicted octanol–water partition coefficient (Wildman–Crippen LogP) is 1.85. The summed E-state index contributed by atoms with van der Waals surface area (Å²) >= 11 is 0. The van der Waals surface area contributed by atoms with Crippen molar-refractivity contribution in [3.63, 3.8) is 0 Å². The van der Waals surface area contributed by atoms with Crippen LogP contribution in [-0.4, -0.2) is 18.4 Å². The first kappa shape index (κ1) is 9.72. The molecule has 0 aromatic rings. The van der Waals surface area contributed by atoms with Crippen molar-refractivity contribution in [2.24, 2.45) is 11.3 Å². The van der Waals surface area contributed by atoms with Gasteiger partial charge in [0, 0.05) is 13.9 Å². The van der Waals surface area contributed by atoms with E-state index in [-0.39, 0.29) is 13.4 Å². The van der Waals surface area contributed by atoms with Crippen molar-refractivity contribution in [2.45, 2.75) is 40.2 Å². The normalized spacial score (nSPS) is 27.9. The van der Waals surface area contributed by atoms with Gasteiger partial charge in [0.15, 0.2) is 5.78 Å². The highest BCUT2D eigenvalue weighted by Gasteiger charge is 2.34. The number of rotatable bonds is 2. The molecule has 1 fully saturated rings. The third kappa shape index (κ3) is 2.07. The summed E-state index contributed by atoms with van der Waals surface area (Å²) < 4.78 is 0. The highest BCUT2D eigenvalue weighted by Crippen LogP contribution is 2.28. The van der Waals surface area contributed by atoms with E-state index in [0.29, 0.717) is 11.2 Å². The Morgan fingerprint density at radius 1 is 1.58 bits per heavy atom. The first-order chi connectivity index (χ1) is 5.42. The highest BCUT2D eigenvalue weighted by molar-refractivity contribution is 5.86. The Hall–Kier alpha value is -0.370. The lowest BCUT2D eigenvalue weighted by Gasteiger charge is -2.15. The van der Waals surface area contributed by atoms with Crippen molar-refractivity contribution >= 4 is 5.78 Å².